The molecule has 0 aliphatic carbocycles. The molecule has 9 nitrogen and oxygen atoms in total. The zero-order valence-electron chi connectivity index (χ0n) is 18.8. The molecule has 0 atom stereocenters. The lowest BCUT2D eigenvalue weighted by Gasteiger charge is -2.37. The van der Waals surface area contributed by atoms with Crippen molar-refractivity contribution in [3.05, 3.63) is 22.3 Å². The Morgan fingerprint density at radius 3 is 2.45 bits per heavy atom. The molecule has 0 spiro atoms. The van der Waals surface area contributed by atoms with Gasteiger partial charge in [-0.15, -0.1) is 21.5 Å². The lowest BCUT2D eigenvalue weighted by molar-refractivity contribution is -0.139. The molecule has 33 heavy (non-hydrogen) atoms. The molecule has 0 bridgehead atoms. The molecule has 2 aliphatic heterocycles. The smallest absolute Gasteiger partial charge is 0.229 e. The van der Waals surface area contributed by atoms with E-state index >= 15 is 0 Å². The van der Waals surface area contributed by atoms with Gasteiger partial charge < -0.3 is 15.1 Å². The fraction of sp³-hybridized carbons (Fsp3) is 0.545. The van der Waals surface area contributed by atoms with Gasteiger partial charge in [0, 0.05) is 42.9 Å². The molecule has 0 radical (unpaired) electrons. The van der Waals surface area contributed by atoms with Gasteiger partial charge in [0.2, 0.25) is 16.9 Å². The maximum Gasteiger partial charge on any atom is 0.229 e. The minimum Gasteiger partial charge on any atom is -0.356 e. The normalized spacial score (nSPS) is 18.1. The molecule has 0 unspecified atom stereocenters. The second-order valence-corrected chi connectivity index (χ2v) is 10.8. The molecule has 0 aromatic carbocycles. The first-order valence-electron chi connectivity index (χ1n) is 11.3. The number of anilines is 2. The van der Waals surface area contributed by atoms with Crippen molar-refractivity contribution in [3.8, 4) is 0 Å². The van der Waals surface area contributed by atoms with Crippen molar-refractivity contribution >= 4 is 55.7 Å². The number of hydrogen-bond donors (Lipinski definition) is 1. The summed E-state index contributed by atoms with van der Waals surface area (Å²) in [7, 11) is 0. The third-order valence-corrected chi connectivity index (χ3v) is 8.58. The van der Waals surface area contributed by atoms with E-state index in [0.29, 0.717) is 31.1 Å². The Bertz CT molecular complexity index is 1150. The van der Waals surface area contributed by atoms with Gasteiger partial charge in [0.25, 0.3) is 0 Å². The number of fused-ring (bicyclic) bond motifs is 1. The number of aryl methyl sites for hydroxylation is 2. The number of amides is 2. The van der Waals surface area contributed by atoms with Crippen LogP contribution >= 0.6 is 22.7 Å². The molecule has 3 aromatic heterocycles. The number of aromatic nitrogens is 4. The summed E-state index contributed by atoms with van der Waals surface area (Å²) < 4.78 is 0. The number of thiophene rings is 1. The Morgan fingerprint density at radius 1 is 1.03 bits per heavy atom. The highest BCUT2D eigenvalue weighted by Gasteiger charge is 2.33. The lowest BCUT2D eigenvalue weighted by atomic mass is 9.91. The molecule has 2 amide bonds. The van der Waals surface area contributed by atoms with Gasteiger partial charge in [0.15, 0.2) is 0 Å². The fourth-order valence-corrected chi connectivity index (χ4v) is 6.24. The highest BCUT2D eigenvalue weighted by Crippen LogP contribution is 2.36. The molecule has 11 heteroatoms. The molecule has 2 saturated heterocycles. The maximum absolute atomic E-state index is 13.2. The van der Waals surface area contributed by atoms with Crippen molar-refractivity contribution in [2.75, 3.05) is 36.4 Å². The van der Waals surface area contributed by atoms with Crippen LogP contribution in [0.15, 0.2) is 11.8 Å². The van der Waals surface area contributed by atoms with E-state index in [0.717, 1.165) is 42.0 Å². The van der Waals surface area contributed by atoms with Crippen LogP contribution in [-0.2, 0) is 9.59 Å². The van der Waals surface area contributed by atoms with Crippen LogP contribution in [0.5, 0.6) is 0 Å². The van der Waals surface area contributed by atoms with Crippen molar-refractivity contribution in [2.45, 2.75) is 39.5 Å². The van der Waals surface area contributed by atoms with Crippen LogP contribution in [-0.4, -0.2) is 63.1 Å². The largest absolute Gasteiger partial charge is 0.356 e. The Hall–Kier alpha value is -2.66. The number of carbonyl (C=O) groups is 2. The Morgan fingerprint density at radius 2 is 1.76 bits per heavy atom. The Kier molecular flexibility index (Phi) is 6.24. The number of rotatable bonds is 4. The van der Waals surface area contributed by atoms with Crippen LogP contribution in [0, 0.1) is 25.7 Å². The molecular formula is C22H27N7O2S2. The third kappa shape index (κ3) is 4.43. The van der Waals surface area contributed by atoms with Crippen molar-refractivity contribution < 1.29 is 9.59 Å². The van der Waals surface area contributed by atoms with Crippen LogP contribution in [0.4, 0.5) is 10.9 Å². The summed E-state index contributed by atoms with van der Waals surface area (Å²) in [6.07, 6.45) is 4.67. The lowest BCUT2D eigenvalue weighted by Crippen LogP contribution is -2.46. The average molecular weight is 486 g/mol. The molecule has 1 N–H and O–H groups in total. The summed E-state index contributed by atoms with van der Waals surface area (Å²) in [4.78, 5) is 41.2. The van der Waals surface area contributed by atoms with Crippen molar-refractivity contribution in [1.29, 1.82) is 0 Å². The molecule has 2 fully saturated rings. The van der Waals surface area contributed by atoms with E-state index in [9.17, 15) is 9.59 Å². The second-order valence-electron chi connectivity index (χ2n) is 8.75. The zero-order chi connectivity index (χ0) is 22.9. The van der Waals surface area contributed by atoms with Crippen LogP contribution in [0.1, 0.15) is 36.1 Å². The van der Waals surface area contributed by atoms with Crippen molar-refractivity contribution in [2.24, 2.45) is 11.8 Å². The number of hydrogen-bond acceptors (Lipinski definition) is 9. The van der Waals surface area contributed by atoms with Crippen molar-refractivity contribution in [1.82, 2.24) is 25.1 Å². The number of likely N-dealkylation sites (tertiary alicyclic amines) is 1. The number of nitrogens with zero attached hydrogens (tertiary/aromatic N) is 6. The summed E-state index contributed by atoms with van der Waals surface area (Å²) in [5.41, 5.74) is 2.85. The topological polar surface area (TPSA) is 104 Å². The monoisotopic (exact) mass is 485 g/mol. The van der Waals surface area contributed by atoms with Gasteiger partial charge in [0.1, 0.15) is 22.5 Å². The fourth-order valence-electron chi connectivity index (χ4n) is 4.80. The molecule has 174 valence electrons. The first-order valence-corrected chi connectivity index (χ1v) is 13.0. The van der Waals surface area contributed by atoms with E-state index < -0.39 is 0 Å². The summed E-state index contributed by atoms with van der Waals surface area (Å²) in [6.45, 7) is 7.16. The SMILES string of the molecule is Cc1sc2ncnc(N3CCC(C(=O)N4CCC(C(=O)Nc5nncs5)CC4)CC3)c2c1C. The molecule has 3 aromatic rings. The summed E-state index contributed by atoms with van der Waals surface area (Å²) in [6, 6.07) is 0. The second kappa shape index (κ2) is 9.30. The van der Waals surface area contributed by atoms with Crippen molar-refractivity contribution in [3.63, 3.8) is 0 Å². The van der Waals surface area contributed by atoms with Crippen LogP contribution in [0.2, 0.25) is 0 Å². The van der Waals surface area contributed by atoms with E-state index in [-0.39, 0.29) is 23.7 Å². The van der Waals surface area contributed by atoms with Gasteiger partial charge in [-0.05, 0) is 45.1 Å². The highest BCUT2D eigenvalue weighted by molar-refractivity contribution is 7.18. The molecule has 2 aliphatic rings. The molecule has 0 saturated carbocycles. The highest BCUT2D eigenvalue weighted by atomic mass is 32.1. The number of carbonyl (C=O) groups excluding carboxylic acids is 2. The van der Waals surface area contributed by atoms with Gasteiger partial charge in [-0.2, -0.15) is 0 Å². The minimum atomic E-state index is -0.0859. The van der Waals surface area contributed by atoms with Gasteiger partial charge in [-0.3, -0.25) is 9.59 Å². The van der Waals surface area contributed by atoms with E-state index in [1.54, 1.807) is 23.2 Å². The van der Waals surface area contributed by atoms with Crippen LogP contribution in [0.3, 0.4) is 0 Å². The first kappa shape index (κ1) is 22.1. The summed E-state index contributed by atoms with van der Waals surface area (Å²) in [5.74, 6) is 1.15. The average Bonchev–Trinajstić information content (AvgIpc) is 3.46. The molecular weight excluding hydrogens is 458 g/mol. The third-order valence-electron chi connectivity index (χ3n) is 6.86. The predicted molar refractivity (Wildman–Crippen MR) is 130 cm³/mol. The summed E-state index contributed by atoms with van der Waals surface area (Å²) >= 11 is 3.02. The molecule has 5 heterocycles. The van der Waals surface area contributed by atoms with Crippen LogP contribution in [0.25, 0.3) is 10.2 Å². The van der Waals surface area contributed by atoms with Gasteiger partial charge >= 0.3 is 0 Å². The standard InChI is InChI=1S/C22H27N7O2S2/c1-13-14(2)33-20-17(13)18(23-11-24-20)28-7-5-16(6-8-28)21(31)29-9-3-15(4-10-29)19(30)26-22-27-25-12-32-22/h11-12,15-16H,3-10H2,1-2H3,(H,26,27,30). The van der Waals surface area contributed by atoms with Gasteiger partial charge in [-0.25, -0.2) is 9.97 Å². The maximum atomic E-state index is 13.2. The first-order chi connectivity index (χ1) is 16.0. The van der Waals surface area contributed by atoms with Crippen LogP contribution < -0.4 is 10.2 Å². The van der Waals surface area contributed by atoms with Gasteiger partial charge in [0.05, 0.1) is 5.39 Å². The van der Waals surface area contributed by atoms with E-state index in [2.05, 4.69) is 44.2 Å². The molecule has 5 rings (SSSR count). The number of piperidine rings is 2. The minimum absolute atomic E-state index is 0.0257. The quantitative estimate of drug-likeness (QED) is 0.605. The number of nitrogens with one attached hydrogen (secondary N) is 1. The summed E-state index contributed by atoms with van der Waals surface area (Å²) in [5, 5.41) is 12.1. The van der Waals surface area contributed by atoms with Gasteiger partial charge in [-0.1, -0.05) is 11.3 Å². The predicted octanol–water partition coefficient (Wildman–Crippen LogP) is 3.25. The Balaban J connectivity index is 1.15. The van der Waals surface area contributed by atoms with E-state index in [1.807, 2.05) is 4.90 Å². The Labute approximate surface area is 200 Å². The zero-order valence-corrected chi connectivity index (χ0v) is 20.4. The van der Waals surface area contributed by atoms with E-state index in [1.165, 1.54) is 21.8 Å². The van der Waals surface area contributed by atoms with E-state index in [4.69, 9.17) is 0 Å².